The zero-order chi connectivity index (χ0) is 17.3. The molecule has 0 bridgehead atoms. The smallest absolute Gasteiger partial charge is 0.256 e. The number of piperazine rings is 1. The molecule has 0 radical (unpaired) electrons. The van der Waals surface area contributed by atoms with Crippen LogP contribution in [0.1, 0.15) is 16.1 Å². The van der Waals surface area contributed by atoms with Gasteiger partial charge >= 0.3 is 0 Å². The first-order chi connectivity index (χ1) is 11.5. The molecular formula is C18H24N4O2. The maximum Gasteiger partial charge on any atom is 0.256 e. The van der Waals surface area contributed by atoms with E-state index in [1.807, 2.05) is 60.0 Å². The van der Waals surface area contributed by atoms with Gasteiger partial charge in [0.1, 0.15) is 0 Å². The number of nitrogens with one attached hydrogen (secondary N) is 1. The Morgan fingerprint density at radius 3 is 2.38 bits per heavy atom. The number of likely N-dealkylation sites (N-methyl/N-ethyl adjacent to an activating group) is 1. The highest BCUT2D eigenvalue weighted by molar-refractivity contribution is 6.08. The molecule has 0 atom stereocenters. The van der Waals surface area contributed by atoms with Crippen molar-refractivity contribution >= 4 is 22.7 Å². The molecule has 0 aliphatic carbocycles. The van der Waals surface area contributed by atoms with Crippen LogP contribution >= 0.6 is 0 Å². The van der Waals surface area contributed by atoms with E-state index >= 15 is 0 Å². The number of aryl methyl sites for hydroxylation is 1. The average Bonchev–Trinajstić information content (AvgIpc) is 2.89. The van der Waals surface area contributed by atoms with Crippen LogP contribution in [0.4, 0.5) is 0 Å². The quantitative estimate of drug-likeness (QED) is 0.924. The van der Waals surface area contributed by atoms with E-state index in [-0.39, 0.29) is 11.8 Å². The predicted molar refractivity (Wildman–Crippen MR) is 94.1 cm³/mol. The Kier molecular flexibility index (Phi) is 4.57. The van der Waals surface area contributed by atoms with Crippen LogP contribution < -0.4 is 0 Å². The van der Waals surface area contributed by atoms with E-state index < -0.39 is 0 Å². The lowest BCUT2D eigenvalue weighted by Crippen LogP contribution is -2.52. The normalized spacial score (nSPS) is 15.3. The van der Waals surface area contributed by atoms with Crippen LogP contribution in [0.25, 0.3) is 10.9 Å². The fourth-order valence-corrected chi connectivity index (χ4v) is 3.24. The summed E-state index contributed by atoms with van der Waals surface area (Å²) in [5, 5.41) is 0.964. The minimum atomic E-state index is 0.0460. The fraction of sp³-hybridized carbons (Fsp3) is 0.444. The molecule has 6 heteroatoms. The second-order valence-corrected chi connectivity index (χ2v) is 6.58. The molecule has 0 spiro atoms. The molecule has 3 rings (SSSR count). The Morgan fingerprint density at radius 1 is 1.08 bits per heavy atom. The molecule has 0 unspecified atom stereocenters. The van der Waals surface area contributed by atoms with Crippen molar-refractivity contribution in [1.82, 2.24) is 19.7 Å². The van der Waals surface area contributed by atoms with Crippen LogP contribution in [0.5, 0.6) is 0 Å². The highest BCUT2D eigenvalue weighted by Crippen LogP contribution is 2.23. The second kappa shape index (κ2) is 6.65. The van der Waals surface area contributed by atoms with E-state index in [0.29, 0.717) is 32.7 Å². The van der Waals surface area contributed by atoms with Gasteiger partial charge in [-0.25, -0.2) is 0 Å². The second-order valence-electron chi connectivity index (χ2n) is 6.58. The Labute approximate surface area is 142 Å². The molecule has 1 aliphatic heterocycles. The van der Waals surface area contributed by atoms with Crippen molar-refractivity contribution in [3.8, 4) is 0 Å². The highest BCUT2D eigenvalue weighted by atomic mass is 16.2. The van der Waals surface area contributed by atoms with Crippen molar-refractivity contribution in [3.05, 3.63) is 35.5 Å². The zero-order valence-corrected chi connectivity index (χ0v) is 14.5. The maximum absolute atomic E-state index is 12.9. The standard InChI is InChI=1S/C18H24N4O2/c1-13-17(14-6-4-5-7-15(14)19-13)18(24)22-10-8-21(9-11-22)16(23)12-20(2)3/h4-7,19H,8-12H2,1-3H3. The third-order valence-electron chi connectivity index (χ3n) is 4.48. The number of nitrogens with zero attached hydrogens (tertiary/aromatic N) is 3. The number of hydrogen-bond acceptors (Lipinski definition) is 3. The van der Waals surface area contributed by atoms with Gasteiger partial charge in [0, 0.05) is 42.8 Å². The van der Waals surface area contributed by atoms with E-state index in [4.69, 9.17) is 0 Å². The SMILES string of the molecule is Cc1[nH]c2ccccc2c1C(=O)N1CCN(C(=O)CN(C)C)CC1. The summed E-state index contributed by atoms with van der Waals surface area (Å²) in [6, 6.07) is 7.87. The maximum atomic E-state index is 12.9. The van der Waals surface area contributed by atoms with Crippen LogP contribution in [-0.4, -0.2) is 78.3 Å². The van der Waals surface area contributed by atoms with Crippen molar-refractivity contribution in [2.45, 2.75) is 6.92 Å². The van der Waals surface area contributed by atoms with Crippen molar-refractivity contribution in [3.63, 3.8) is 0 Å². The number of carbonyl (C=O) groups is 2. The Morgan fingerprint density at radius 2 is 1.71 bits per heavy atom. The van der Waals surface area contributed by atoms with Crippen LogP contribution in [0.3, 0.4) is 0 Å². The summed E-state index contributed by atoms with van der Waals surface area (Å²) in [5.41, 5.74) is 2.63. The first-order valence-electron chi connectivity index (χ1n) is 8.26. The molecular weight excluding hydrogens is 304 g/mol. The van der Waals surface area contributed by atoms with Crippen LogP contribution in [0.2, 0.25) is 0 Å². The lowest BCUT2D eigenvalue weighted by atomic mass is 10.1. The molecule has 1 fully saturated rings. The summed E-state index contributed by atoms with van der Waals surface area (Å²) in [5.74, 6) is 0.167. The fourth-order valence-electron chi connectivity index (χ4n) is 3.24. The number of H-pyrrole nitrogens is 1. The van der Waals surface area contributed by atoms with E-state index in [9.17, 15) is 9.59 Å². The largest absolute Gasteiger partial charge is 0.358 e. The Bertz CT molecular complexity index is 757. The minimum absolute atomic E-state index is 0.0460. The number of carbonyl (C=O) groups excluding carboxylic acids is 2. The Hall–Kier alpha value is -2.34. The minimum Gasteiger partial charge on any atom is -0.358 e. The van der Waals surface area contributed by atoms with Crippen molar-refractivity contribution in [2.75, 3.05) is 46.8 Å². The summed E-state index contributed by atoms with van der Waals surface area (Å²) in [4.78, 5) is 33.9. The Balaban J connectivity index is 1.71. The number of para-hydroxylation sites is 1. The molecule has 1 aromatic heterocycles. The van der Waals surface area contributed by atoms with Gasteiger partial charge in [-0.15, -0.1) is 0 Å². The van der Waals surface area contributed by atoms with Crippen molar-refractivity contribution in [1.29, 1.82) is 0 Å². The van der Waals surface area contributed by atoms with Gasteiger partial charge in [0.25, 0.3) is 5.91 Å². The van der Waals surface area contributed by atoms with Gasteiger partial charge in [0.15, 0.2) is 0 Å². The van der Waals surface area contributed by atoms with E-state index in [2.05, 4.69) is 4.98 Å². The van der Waals surface area contributed by atoms with Gasteiger partial charge in [-0.05, 0) is 27.1 Å². The molecule has 1 aromatic carbocycles. The first kappa shape index (κ1) is 16.5. The zero-order valence-electron chi connectivity index (χ0n) is 14.5. The predicted octanol–water partition coefficient (Wildman–Crippen LogP) is 1.32. The lowest BCUT2D eigenvalue weighted by Gasteiger charge is -2.35. The van der Waals surface area contributed by atoms with Gasteiger partial charge in [0.05, 0.1) is 12.1 Å². The van der Waals surface area contributed by atoms with Crippen LogP contribution in [0, 0.1) is 6.92 Å². The molecule has 6 nitrogen and oxygen atoms in total. The summed E-state index contributed by atoms with van der Waals surface area (Å²) >= 11 is 0. The topological polar surface area (TPSA) is 59.7 Å². The van der Waals surface area contributed by atoms with Gasteiger partial charge in [-0.1, -0.05) is 18.2 Å². The summed E-state index contributed by atoms with van der Waals surface area (Å²) in [6.07, 6.45) is 0. The third kappa shape index (κ3) is 3.14. The van der Waals surface area contributed by atoms with Gasteiger partial charge in [0.2, 0.25) is 5.91 Å². The van der Waals surface area contributed by atoms with E-state index in [1.54, 1.807) is 0 Å². The highest BCUT2D eigenvalue weighted by Gasteiger charge is 2.27. The summed E-state index contributed by atoms with van der Waals surface area (Å²) in [6.45, 7) is 4.70. The van der Waals surface area contributed by atoms with Crippen LogP contribution in [-0.2, 0) is 4.79 Å². The average molecular weight is 328 g/mol. The van der Waals surface area contributed by atoms with E-state index in [0.717, 1.165) is 22.2 Å². The molecule has 2 amide bonds. The summed E-state index contributed by atoms with van der Waals surface area (Å²) < 4.78 is 0. The van der Waals surface area contributed by atoms with Gasteiger partial charge < -0.3 is 19.7 Å². The van der Waals surface area contributed by atoms with E-state index in [1.165, 1.54) is 0 Å². The molecule has 24 heavy (non-hydrogen) atoms. The summed E-state index contributed by atoms with van der Waals surface area (Å²) in [7, 11) is 3.77. The van der Waals surface area contributed by atoms with Gasteiger partial charge in [-0.3, -0.25) is 9.59 Å². The number of benzene rings is 1. The number of aromatic amines is 1. The van der Waals surface area contributed by atoms with Crippen LogP contribution in [0.15, 0.2) is 24.3 Å². The third-order valence-corrected chi connectivity index (χ3v) is 4.48. The molecule has 1 aliphatic rings. The monoisotopic (exact) mass is 328 g/mol. The molecule has 0 saturated carbocycles. The number of amides is 2. The molecule has 2 heterocycles. The molecule has 1 saturated heterocycles. The van der Waals surface area contributed by atoms with Crippen molar-refractivity contribution in [2.24, 2.45) is 0 Å². The number of fused-ring (bicyclic) bond motifs is 1. The molecule has 128 valence electrons. The lowest BCUT2D eigenvalue weighted by molar-refractivity contribution is -0.133. The molecule has 2 aromatic rings. The first-order valence-corrected chi connectivity index (χ1v) is 8.26. The number of aromatic nitrogens is 1. The number of hydrogen-bond donors (Lipinski definition) is 1. The number of rotatable bonds is 3. The van der Waals surface area contributed by atoms with Crippen molar-refractivity contribution < 1.29 is 9.59 Å². The van der Waals surface area contributed by atoms with Gasteiger partial charge in [-0.2, -0.15) is 0 Å². The molecule has 1 N–H and O–H groups in total.